The van der Waals surface area contributed by atoms with Gasteiger partial charge < -0.3 is 15.1 Å². The third-order valence-corrected chi connectivity index (χ3v) is 3.26. The first-order valence-electron chi connectivity index (χ1n) is 6.34. The van der Waals surface area contributed by atoms with Crippen molar-refractivity contribution in [1.82, 2.24) is 14.9 Å². The minimum atomic E-state index is -0.377. The zero-order chi connectivity index (χ0) is 13.0. The molecule has 0 radical (unpaired) electrons. The Labute approximate surface area is 107 Å². The van der Waals surface area contributed by atoms with Crippen molar-refractivity contribution in [1.29, 1.82) is 0 Å². The summed E-state index contributed by atoms with van der Waals surface area (Å²) in [6.07, 6.45) is 3.76. The van der Waals surface area contributed by atoms with Gasteiger partial charge in [0.25, 0.3) is 0 Å². The van der Waals surface area contributed by atoms with E-state index in [-0.39, 0.29) is 5.82 Å². The summed E-state index contributed by atoms with van der Waals surface area (Å²) in [7, 11) is 3.59. The van der Waals surface area contributed by atoms with Gasteiger partial charge in [-0.2, -0.15) is 4.98 Å². The second-order valence-electron chi connectivity index (χ2n) is 4.59. The second-order valence-corrected chi connectivity index (χ2v) is 4.59. The first-order valence-corrected chi connectivity index (χ1v) is 6.34. The van der Waals surface area contributed by atoms with Crippen LogP contribution in [-0.4, -0.2) is 55.1 Å². The van der Waals surface area contributed by atoms with Gasteiger partial charge in [0.05, 0.1) is 6.20 Å². The van der Waals surface area contributed by atoms with Crippen LogP contribution in [0.5, 0.6) is 0 Å². The van der Waals surface area contributed by atoms with Crippen LogP contribution in [0.1, 0.15) is 12.8 Å². The van der Waals surface area contributed by atoms with Gasteiger partial charge in [0, 0.05) is 27.2 Å². The van der Waals surface area contributed by atoms with Gasteiger partial charge in [0.1, 0.15) is 0 Å². The Kier molecular flexibility index (Phi) is 4.30. The zero-order valence-corrected chi connectivity index (χ0v) is 11.0. The van der Waals surface area contributed by atoms with Crippen LogP contribution in [-0.2, 0) is 0 Å². The van der Waals surface area contributed by atoms with E-state index in [4.69, 9.17) is 0 Å². The van der Waals surface area contributed by atoms with E-state index >= 15 is 0 Å². The van der Waals surface area contributed by atoms with Gasteiger partial charge in [0.15, 0.2) is 11.6 Å². The van der Waals surface area contributed by atoms with E-state index in [0.717, 1.165) is 26.2 Å². The quantitative estimate of drug-likeness (QED) is 0.854. The topological polar surface area (TPSA) is 44.3 Å². The molecule has 1 aliphatic rings. The molecule has 100 valence electrons. The van der Waals surface area contributed by atoms with E-state index in [1.807, 2.05) is 11.9 Å². The molecule has 0 saturated carbocycles. The Morgan fingerprint density at radius 2 is 2.17 bits per heavy atom. The number of likely N-dealkylation sites (N-methyl/N-ethyl adjacent to an activating group) is 1. The van der Waals surface area contributed by atoms with Crippen LogP contribution in [0, 0.1) is 5.82 Å². The summed E-state index contributed by atoms with van der Waals surface area (Å²) in [6, 6.07) is 0. The number of anilines is 2. The maximum Gasteiger partial charge on any atom is 0.224 e. The first kappa shape index (κ1) is 13.0. The molecular formula is C12H20FN5. The number of nitrogens with one attached hydrogen (secondary N) is 1. The van der Waals surface area contributed by atoms with Crippen molar-refractivity contribution >= 4 is 11.8 Å². The molecule has 0 spiro atoms. The van der Waals surface area contributed by atoms with E-state index < -0.39 is 0 Å². The van der Waals surface area contributed by atoms with Crippen LogP contribution < -0.4 is 10.2 Å². The van der Waals surface area contributed by atoms with Gasteiger partial charge in [-0.25, -0.2) is 9.37 Å². The van der Waals surface area contributed by atoms with Crippen LogP contribution in [0.25, 0.3) is 0 Å². The molecule has 5 nitrogen and oxygen atoms in total. The fourth-order valence-electron chi connectivity index (χ4n) is 2.15. The Bertz CT molecular complexity index is 392. The molecule has 0 bridgehead atoms. The highest BCUT2D eigenvalue weighted by molar-refractivity contribution is 5.42. The third-order valence-electron chi connectivity index (χ3n) is 3.26. The zero-order valence-electron chi connectivity index (χ0n) is 11.0. The molecule has 0 aromatic carbocycles. The number of likely N-dealkylation sites (tertiary alicyclic amines) is 1. The van der Waals surface area contributed by atoms with Gasteiger partial charge in [-0.15, -0.1) is 0 Å². The maximum absolute atomic E-state index is 13.6. The van der Waals surface area contributed by atoms with Crippen LogP contribution in [0.2, 0.25) is 0 Å². The van der Waals surface area contributed by atoms with E-state index in [1.165, 1.54) is 19.0 Å². The van der Waals surface area contributed by atoms with Crippen molar-refractivity contribution < 1.29 is 4.39 Å². The normalized spacial score (nSPS) is 15.9. The monoisotopic (exact) mass is 253 g/mol. The Balaban J connectivity index is 1.96. The molecule has 2 rings (SSSR count). The van der Waals surface area contributed by atoms with Crippen molar-refractivity contribution in [3.63, 3.8) is 0 Å². The Morgan fingerprint density at radius 1 is 1.44 bits per heavy atom. The van der Waals surface area contributed by atoms with Crippen LogP contribution in [0.3, 0.4) is 0 Å². The molecule has 1 N–H and O–H groups in total. The fraction of sp³-hybridized carbons (Fsp3) is 0.667. The van der Waals surface area contributed by atoms with E-state index in [2.05, 4.69) is 20.2 Å². The van der Waals surface area contributed by atoms with Crippen molar-refractivity contribution in [2.24, 2.45) is 0 Å². The summed E-state index contributed by atoms with van der Waals surface area (Å²) in [5.74, 6) is 0.422. The SMILES string of the molecule is CNc1ncc(F)c(N(C)CCN2CCCC2)n1. The molecule has 0 unspecified atom stereocenters. The highest BCUT2D eigenvalue weighted by atomic mass is 19.1. The number of nitrogens with zero attached hydrogens (tertiary/aromatic N) is 4. The molecule has 1 aromatic rings. The largest absolute Gasteiger partial charge is 0.357 e. The molecular weight excluding hydrogens is 233 g/mol. The molecule has 1 aromatic heterocycles. The molecule has 0 aliphatic carbocycles. The number of halogens is 1. The minimum Gasteiger partial charge on any atom is -0.357 e. The maximum atomic E-state index is 13.6. The lowest BCUT2D eigenvalue weighted by Crippen LogP contribution is -2.32. The van der Waals surface area contributed by atoms with Gasteiger partial charge in [-0.1, -0.05) is 0 Å². The van der Waals surface area contributed by atoms with Crippen molar-refractivity contribution in [2.45, 2.75) is 12.8 Å². The highest BCUT2D eigenvalue weighted by Crippen LogP contribution is 2.16. The fourth-order valence-corrected chi connectivity index (χ4v) is 2.15. The average molecular weight is 253 g/mol. The van der Waals surface area contributed by atoms with E-state index in [1.54, 1.807) is 7.05 Å². The second kappa shape index (κ2) is 5.95. The molecule has 0 amide bonds. The van der Waals surface area contributed by atoms with Crippen molar-refractivity contribution in [2.75, 3.05) is 50.5 Å². The van der Waals surface area contributed by atoms with Gasteiger partial charge in [-0.3, -0.25) is 0 Å². The van der Waals surface area contributed by atoms with Crippen molar-refractivity contribution in [3.05, 3.63) is 12.0 Å². The highest BCUT2D eigenvalue weighted by Gasteiger charge is 2.15. The smallest absolute Gasteiger partial charge is 0.224 e. The van der Waals surface area contributed by atoms with E-state index in [9.17, 15) is 4.39 Å². The lowest BCUT2D eigenvalue weighted by molar-refractivity contribution is 0.346. The van der Waals surface area contributed by atoms with Gasteiger partial charge in [-0.05, 0) is 25.9 Å². The lowest BCUT2D eigenvalue weighted by atomic mass is 10.4. The third kappa shape index (κ3) is 3.07. The lowest BCUT2D eigenvalue weighted by Gasteiger charge is -2.22. The Morgan fingerprint density at radius 3 is 2.83 bits per heavy atom. The summed E-state index contributed by atoms with van der Waals surface area (Å²) >= 11 is 0. The summed E-state index contributed by atoms with van der Waals surface area (Å²) in [5, 5.41) is 2.82. The van der Waals surface area contributed by atoms with Gasteiger partial charge >= 0.3 is 0 Å². The van der Waals surface area contributed by atoms with Crippen LogP contribution in [0.4, 0.5) is 16.2 Å². The van der Waals surface area contributed by atoms with Gasteiger partial charge in [0.2, 0.25) is 5.95 Å². The predicted molar refractivity (Wildman–Crippen MR) is 70.5 cm³/mol. The minimum absolute atomic E-state index is 0.355. The summed E-state index contributed by atoms with van der Waals surface area (Å²) in [5.41, 5.74) is 0. The molecule has 18 heavy (non-hydrogen) atoms. The molecule has 0 atom stereocenters. The Hall–Kier alpha value is -1.43. The molecule has 2 heterocycles. The van der Waals surface area contributed by atoms with Crippen LogP contribution in [0.15, 0.2) is 6.20 Å². The number of hydrogen-bond acceptors (Lipinski definition) is 5. The molecule has 1 fully saturated rings. The number of hydrogen-bond donors (Lipinski definition) is 1. The van der Waals surface area contributed by atoms with Crippen LogP contribution >= 0.6 is 0 Å². The summed E-state index contributed by atoms with van der Waals surface area (Å²) in [6.45, 7) is 4.04. The first-order chi connectivity index (χ1) is 8.70. The standard InChI is InChI=1S/C12H20FN5/c1-14-12-15-9-10(13)11(16-12)17(2)7-8-18-5-3-4-6-18/h9H,3-8H2,1-2H3,(H,14,15,16). The predicted octanol–water partition coefficient (Wildman–Crippen LogP) is 1.19. The number of rotatable bonds is 5. The average Bonchev–Trinajstić information content (AvgIpc) is 2.89. The summed E-state index contributed by atoms with van der Waals surface area (Å²) < 4.78 is 13.6. The van der Waals surface area contributed by atoms with E-state index in [0.29, 0.717) is 11.8 Å². The number of aromatic nitrogens is 2. The van der Waals surface area contributed by atoms with Crippen molar-refractivity contribution in [3.8, 4) is 0 Å². The molecule has 1 saturated heterocycles. The summed E-state index contributed by atoms with van der Waals surface area (Å²) in [4.78, 5) is 12.2. The molecule has 6 heteroatoms. The molecule has 1 aliphatic heterocycles.